The zero-order chi connectivity index (χ0) is 38.2. The van der Waals surface area contributed by atoms with E-state index in [4.69, 9.17) is 6.57 Å². The summed E-state index contributed by atoms with van der Waals surface area (Å²) in [6.07, 6.45) is 0. The first-order chi connectivity index (χ1) is 28.2. The average Bonchev–Trinajstić information content (AvgIpc) is 3.62. The lowest BCUT2D eigenvalue weighted by Gasteiger charge is -2.34. The molecule has 0 saturated heterocycles. The number of para-hydroxylation sites is 1. The Morgan fingerprint density at radius 3 is 1.53 bits per heavy atom. The molecule has 10 aromatic rings. The number of fused-ring (bicyclic) bond motifs is 4. The highest BCUT2D eigenvalue weighted by Crippen LogP contribution is 2.42. The smallest absolute Gasteiger partial charge is 0.187 e. The molecule has 57 heavy (non-hydrogen) atoms. The van der Waals surface area contributed by atoms with Gasteiger partial charge in [0.15, 0.2) is 13.8 Å². The topological polar surface area (TPSA) is 12.5 Å². The molecule has 0 saturated carbocycles. The van der Waals surface area contributed by atoms with Crippen LogP contribution in [0, 0.1) is 6.57 Å². The standard InChI is InChI=1S/C53H37N3Si/c1-54-40-29-31-42(32-30-40)55(51-28-16-18-39-17-14-15-27-48(39)51)43-33-35-52-49(37-43)50-38-47(34-36-53(50)56(52)41-19-6-2-7-20-41)57(44-21-8-3-9-22-44,45-23-10-4-11-24-45)46-25-12-5-13-26-46/h2-38H. The van der Waals surface area contributed by atoms with Crippen molar-refractivity contribution in [1.82, 2.24) is 4.57 Å². The minimum Gasteiger partial charge on any atom is -0.310 e. The molecule has 1 aromatic heterocycles. The van der Waals surface area contributed by atoms with Gasteiger partial charge in [0.25, 0.3) is 0 Å². The number of benzene rings is 9. The summed E-state index contributed by atoms with van der Waals surface area (Å²) < 4.78 is 2.40. The van der Waals surface area contributed by atoms with Crippen molar-refractivity contribution in [2.75, 3.05) is 4.90 Å². The number of aromatic nitrogens is 1. The minimum atomic E-state index is -2.80. The molecule has 0 aliphatic rings. The maximum Gasteiger partial charge on any atom is 0.187 e. The zero-order valence-electron chi connectivity index (χ0n) is 31.2. The maximum absolute atomic E-state index is 7.64. The van der Waals surface area contributed by atoms with Crippen LogP contribution < -0.4 is 25.6 Å². The number of hydrogen-bond acceptors (Lipinski definition) is 1. The van der Waals surface area contributed by atoms with Gasteiger partial charge in [0.1, 0.15) is 0 Å². The lowest BCUT2D eigenvalue weighted by atomic mass is 10.1. The van der Waals surface area contributed by atoms with Crippen molar-refractivity contribution in [1.29, 1.82) is 0 Å². The third-order valence-corrected chi connectivity index (χ3v) is 16.1. The van der Waals surface area contributed by atoms with E-state index in [1.165, 1.54) is 36.9 Å². The van der Waals surface area contributed by atoms with E-state index in [1.54, 1.807) is 0 Å². The van der Waals surface area contributed by atoms with Gasteiger partial charge in [-0.1, -0.05) is 170 Å². The normalized spacial score (nSPS) is 11.5. The summed E-state index contributed by atoms with van der Waals surface area (Å²) in [6, 6.07) is 81.2. The fourth-order valence-electron chi connectivity index (χ4n) is 8.81. The second-order valence-electron chi connectivity index (χ2n) is 14.4. The summed E-state index contributed by atoms with van der Waals surface area (Å²) in [5.41, 5.74) is 7.17. The van der Waals surface area contributed by atoms with Gasteiger partial charge in [-0.2, -0.15) is 0 Å². The van der Waals surface area contributed by atoms with Crippen molar-refractivity contribution in [3.8, 4) is 5.69 Å². The molecule has 0 aliphatic heterocycles. The van der Waals surface area contributed by atoms with Crippen molar-refractivity contribution >= 4 is 84.1 Å². The Morgan fingerprint density at radius 2 is 0.912 bits per heavy atom. The van der Waals surface area contributed by atoms with Crippen molar-refractivity contribution < 1.29 is 0 Å². The molecular formula is C53H37N3Si. The van der Waals surface area contributed by atoms with E-state index in [2.05, 4.69) is 227 Å². The maximum atomic E-state index is 7.64. The summed E-state index contributed by atoms with van der Waals surface area (Å²) in [5.74, 6) is 0. The monoisotopic (exact) mass is 743 g/mol. The highest BCUT2D eigenvalue weighted by molar-refractivity contribution is 7.20. The van der Waals surface area contributed by atoms with Crippen molar-refractivity contribution in [2.24, 2.45) is 0 Å². The Kier molecular flexibility index (Phi) is 8.56. The van der Waals surface area contributed by atoms with Crippen LogP contribution in [0.1, 0.15) is 0 Å². The van der Waals surface area contributed by atoms with E-state index in [0.29, 0.717) is 5.69 Å². The van der Waals surface area contributed by atoms with Crippen molar-refractivity contribution in [3.05, 3.63) is 236 Å². The van der Waals surface area contributed by atoms with Gasteiger partial charge < -0.3 is 9.47 Å². The molecular weight excluding hydrogens is 707 g/mol. The Bertz CT molecular complexity index is 2960. The van der Waals surface area contributed by atoms with Crippen LogP contribution in [0.4, 0.5) is 22.7 Å². The molecule has 0 amide bonds. The Balaban J connectivity index is 1.29. The highest BCUT2D eigenvalue weighted by Gasteiger charge is 2.41. The quantitative estimate of drug-likeness (QED) is 0.0858. The molecule has 3 nitrogen and oxygen atoms in total. The van der Waals surface area contributed by atoms with Crippen LogP contribution >= 0.6 is 0 Å². The highest BCUT2D eigenvalue weighted by atomic mass is 28.3. The molecule has 0 fully saturated rings. The van der Waals surface area contributed by atoms with Crippen LogP contribution in [0.15, 0.2) is 224 Å². The third-order valence-electron chi connectivity index (χ3n) is 11.3. The summed E-state index contributed by atoms with van der Waals surface area (Å²) in [4.78, 5) is 6.03. The lowest BCUT2D eigenvalue weighted by molar-refractivity contribution is 1.18. The summed E-state index contributed by atoms with van der Waals surface area (Å²) >= 11 is 0. The lowest BCUT2D eigenvalue weighted by Crippen LogP contribution is -2.74. The predicted octanol–water partition coefficient (Wildman–Crippen LogP) is 11.3. The van der Waals surface area contributed by atoms with Gasteiger partial charge in [0.2, 0.25) is 0 Å². The molecule has 4 heteroatoms. The van der Waals surface area contributed by atoms with E-state index in [9.17, 15) is 0 Å². The molecule has 0 unspecified atom stereocenters. The van der Waals surface area contributed by atoms with E-state index < -0.39 is 8.07 Å². The van der Waals surface area contributed by atoms with Gasteiger partial charge in [-0.3, -0.25) is 0 Å². The Morgan fingerprint density at radius 1 is 0.404 bits per heavy atom. The van der Waals surface area contributed by atoms with Crippen LogP contribution in [0.3, 0.4) is 0 Å². The number of hydrogen-bond donors (Lipinski definition) is 0. The predicted molar refractivity (Wildman–Crippen MR) is 243 cm³/mol. The van der Waals surface area contributed by atoms with E-state index in [1.807, 2.05) is 12.1 Å². The van der Waals surface area contributed by atoms with Gasteiger partial charge in [0, 0.05) is 33.2 Å². The van der Waals surface area contributed by atoms with E-state index in [0.717, 1.165) is 39.2 Å². The van der Waals surface area contributed by atoms with Gasteiger partial charge in [0.05, 0.1) is 23.3 Å². The second-order valence-corrected chi connectivity index (χ2v) is 18.2. The van der Waals surface area contributed by atoms with Crippen LogP contribution in [0.25, 0.3) is 43.1 Å². The molecule has 0 aliphatic carbocycles. The molecule has 268 valence electrons. The fraction of sp³-hybridized carbons (Fsp3) is 0. The van der Waals surface area contributed by atoms with Crippen LogP contribution in [-0.4, -0.2) is 12.6 Å². The van der Waals surface area contributed by atoms with Gasteiger partial charge in [-0.25, -0.2) is 4.85 Å². The number of anilines is 3. The van der Waals surface area contributed by atoms with Gasteiger partial charge >= 0.3 is 0 Å². The molecule has 0 spiro atoms. The largest absolute Gasteiger partial charge is 0.310 e. The average molecular weight is 744 g/mol. The van der Waals surface area contributed by atoms with Gasteiger partial charge in [-0.15, -0.1) is 0 Å². The van der Waals surface area contributed by atoms with Crippen LogP contribution in [-0.2, 0) is 0 Å². The van der Waals surface area contributed by atoms with Gasteiger partial charge in [-0.05, 0) is 80.7 Å². The summed E-state index contributed by atoms with van der Waals surface area (Å²) in [7, 11) is -2.80. The first-order valence-corrected chi connectivity index (χ1v) is 21.3. The fourth-order valence-corrected chi connectivity index (χ4v) is 13.6. The number of nitrogens with zero attached hydrogens (tertiary/aromatic N) is 3. The van der Waals surface area contributed by atoms with Crippen LogP contribution in [0.2, 0.25) is 0 Å². The minimum absolute atomic E-state index is 0.619. The molecule has 0 radical (unpaired) electrons. The molecule has 0 bridgehead atoms. The molecule has 9 aromatic carbocycles. The van der Waals surface area contributed by atoms with Crippen LogP contribution in [0.5, 0.6) is 0 Å². The Labute approximate surface area is 333 Å². The molecule has 0 N–H and O–H groups in total. The summed E-state index contributed by atoms with van der Waals surface area (Å²) in [5, 5.41) is 10.1. The SMILES string of the molecule is [C-]#[N+]c1ccc(N(c2ccc3c(c2)c2cc([Si](c4ccccc4)(c4ccccc4)c4ccccc4)ccc2n3-c2ccccc2)c2cccc3ccccc23)cc1. The van der Waals surface area contributed by atoms with Crippen molar-refractivity contribution in [2.45, 2.75) is 0 Å². The van der Waals surface area contributed by atoms with E-state index in [-0.39, 0.29) is 0 Å². The summed E-state index contributed by atoms with van der Waals surface area (Å²) in [6.45, 7) is 7.64. The molecule has 10 rings (SSSR count). The Hall–Kier alpha value is -7.45. The first kappa shape index (κ1) is 34.1. The first-order valence-electron chi connectivity index (χ1n) is 19.3. The number of rotatable bonds is 8. The van der Waals surface area contributed by atoms with E-state index >= 15 is 0 Å². The third kappa shape index (κ3) is 5.72. The van der Waals surface area contributed by atoms with Crippen molar-refractivity contribution in [3.63, 3.8) is 0 Å². The molecule has 1 heterocycles. The molecule has 0 atom stereocenters. The zero-order valence-corrected chi connectivity index (χ0v) is 32.2. The second kappa shape index (κ2) is 14.3.